The van der Waals surface area contributed by atoms with Gasteiger partial charge in [0.1, 0.15) is 0 Å². The maximum Gasteiger partial charge on any atom is 0.0612 e. The second-order valence-corrected chi connectivity index (χ2v) is 6.28. The first-order valence-electron chi connectivity index (χ1n) is 8.48. The Kier molecular flexibility index (Phi) is 3.88. The second-order valence-electron chi connectivity index (χ2n) is 6.28. The highest BCUT2D eigenvalue weighted by Crippen LogP contribution is 2.25. The van der Waals surface area contributed by atoms with Crippen LogP contribution in [-0.4, -0.2) is 4.57 Å². The van der Waals surface area contributed by atoms with Crippen LogP contribution in [0.5, 0.6) is 0 Å². The van der Waals surface area contributed by atoms with E-state index in [0.717, 1.165) is 16.8 Å². The van der Waals surface area contributed by atoms with Crippen LogP contribution in [0, 0.1) is 25.7 Å². The molecule has 0 unspecified atom stereocenters. The molecule has 0 saturated carbocycles. The van der Waals surface area contributed by atoms with Crippen molar-refractivity contribution in [1.82, 2.24) is 4.57 Å². The van der Waals surface area contributed by atoms with Gasteiger partial charge in [0.15, 0.2) is 0 Å². The molecule has 0 spiro atoms. The Labute approximate surface area is 148 Å². The molecule has 25 heavy (non-hydrogen) atoms. The average molecular weight is 321 g/mol. The minimum atomic E-state index is 1.03. The van der Waals surface area contributed by atoms with Crippen molar-refractivity contribution < 1.29 is 0 Å². The lowest BCUT2D eigenvalue weighted by molar-refractivity contribution is 1.11. The van der Waals surface area contributed by atoms with E-state index >= 15 is 0 Å². The third-order valence-electron chi connectivity index (χ3n) is 4.55. The molecule has 1 heterocycles. The van der Waals surface area contributed by atoms with Crippen LogP contribution in [-0.2, 0) is 0 Å². The Morgan fingerprint density at radius 2 is 1.28 bits per heavy atom. The van der Waals surface area contributed by atoms with Crippen molar-refractivity contribution in [1.29, 1.82) is 0 Å². The summed E-state index contributed by atoms with van der Waals surface area (Å²) in [6, 6.07) is 25.1. The van der Waals surface area contributed by atoms with E-state index in [-0.39, 0.29) is 0 Å². The summed E-state index contributed by atoms with van der Waals surface area (Å²) in [7, 11) is 0. The largest absolute Gasteiger partial charge is 0.315 e. The van der Waals surface area contributed by atoms with Crippen LogP contribution in [0.1, 0.15) is 22.3 Å². The standard InChI is InChI=1S/C24H19N/c1-18-9-3-4-10-20(18)15-16-21-11-5-7-13-23(21)25-17-19(2)22-12-6-8-14-24(22)25/h3-14,17H,1-2H3. The highest BCUT2D eigenvalue weighted by atomic mass is 15.0. The van der Waals surface area contributed by atoms with Gasteiger partial charge >= 0.3 is 0 Å². The van der Waals surface area contributed by atoms with Crippen LogP contribution in [0.3, 0.4) is 0 Å². The number of para-hydroxylation sites is 2. The molecule has 4 aromatic rings. The van der Waals surface area contributed by atoms with Crippen molar-refractivity contribution in [3.8, 4) is 17.5 Å². The summed E-state index contributed by atoms with van der Waals surface area (Å²) in [5.74, 6) is 6.70. The molecule has 120 valence electrons. The van der Waals surface area contributed by atoms with E-state index < -0.39 is 0 Å². The number of nitrogens with zero attached hydrogens (tertiary/aromatic N) is 1. The summed E-state index contributed by atoms with van der Waals surface area (Å²) in [5.41, 5.74) is 6.92. The third kappa shape index (κ3) is 2.84. The van der Waals surface area contributed by atoms with Crippen molar-refractivity contribution in [2.45, 2.75) is 13.8 Å². The Morgan fingerprint density at radius 1 is 0.640 bits per heavy atom. The average Bonchev–Trinajstić information content (AvgIpc) is 2.98. The first-order valence-corrected chi connectivity index (χ1v) is 8.48. The normalized spacial score (nSPS) is 10.5. The van der Waals surface area contributed by atoms with Crippen LogP contribution in [0.15, 0.2) is 79.0 Å². The minimum Gasteiger partial charge on any atom is -0.315 e. The Hall–Kier alpha value is -3.24. The van der Waals surface area contributed by atoms with Gasteiger partial charge in [-0.25, -0.2) is 0 Å². The molecule has 0 aliphatic carbocycles. The van der Waals surface area contributed by atoms with Gasteiger partial charge in [-0.2, -0.15) is 0 Å². The number of aryl methyl sites for hydroxylation is 2. The molecular weight excluding hydrogens is 302 g/mol. The van der Waals surface area contributed by atoms with Crippen molar-refractivity contribution >= 4 is 10.9 Å². The number of fused-ring (bicyclic) bond motifs is 1. The zero-order valence-electron chi connectivity index (χ0n) is 14.5. The highest BCUT2D eigenvalue weighted by molar-refractivity contribution is 5.85. The zero-order valence-corrected chi connectivity index (χ0v) is 14.5. The minimum absolute atomic E-state index is 1.03. The number of hydrogen-bond donors (Lipinski definition) is 0. The van der Waals surface area contributed by atoms with E-state index in [1.807, 2.05) is 18.2 Å². The van der Waals surface area contributed by atoms with E-state index in [2.05, 4.69) is 91.0 Å². The molecule has 0 aliphatic heterocycles. The molecule has 0 amide bonds. The van der Waals surface area contributed by atoms with Gasteiger partial charge in [0, 0.05) is 22.7 Å². The van der Waals surface area contributed by atoms with E-state index in [1.165, 1.54) is 22.0 Å². The van der Waals surface area contributed by atoms with Crippen molar-refractivity contribution in [2.24, 2.45) is 0 Å². The van der Waals surface area contributed by atoms with Crippen molar-refractivity contribution in [3.05, 3.63) is 101 Å². The van der Waals surface area contributed by atoms with Gasteiger partial charge in [-0.3, -0.25) is 0 Å². The lowest BCUT2D eigenvalue weighted by Crippen LogP contribution is -1.95. The van der Waals surface area contributed by atoms with Crippen LogP contribution in [0.4, 0.5) is 0 Å². The van der Waals surface area contributed by atoms with E-state index in [4.69, 9.17) is 0 Å². The van der Waals surface area contributed by atoms with Gasteiger partial charge in [0.2, 0.25) is 0 Å². The molecule has 0 fully saturated rings. The topological polar surface area (TPSA) is 4.93 Å². The number of aromatic nitrogens is 1. The smallest absolute Gasteiger partial charge is 0.0612 e. The summed E-state index contributed by atoms with van der Waals surface area (Å²) >= 11 is 0. The molecule has 0 bridgehead atoms. The van der Waals surface area contributed by atoms with E-state index in [0.29, 0.717) is 0 Å². The molecule has 3 aromatic carbocycles. The number of rotatable bonds is 1. The molecule has 4 rings (SSSR count). The quantitative estimate of drug-likeness (QED) is 0.399. The van der Waals surface area contributed by atoms with Gasteiger partial charge in [-0.1, -0.05) is 60.4 Å². The molecular formula is C24H19N. The molecule has 0 atom stereocenters. The summed E-state index contributed by atoms with van der Waals surface area (Å²) in [6.07, 6.45) is 2.19. The first kappa shape index (κ1) is 15.3. The van der Waals surface area contributed by atoms with Crippen LogP contribution in [0.2, 0.25) is 0 Å². The highest BCUT2D eigenvalue weighted by Gasteiger charge is 2.08. The lowest BCUT2D eigenvalue weighted by Gasteiger charge is -2.08. The summed E-state index contributed by atoms with van der Waals surface area (Å²) in [4.78, 5) is 0. The predicted molar refractivity (Wildman–Crippen MR) is 105 cm³/mol. The SMILES string of the molecule is Cc1ccccc1C#Cc1ccccc1-n1cc(C)c2ccccc21. The fourth-order valence-corrected chi connectivity index (χ4v) is 3.19. The Morgan fingerprint density at radius 3 is 2.12 bits per heavy atom. The van der Waals surface area contributed by atoms with Gasteiger partial charge in [0.05, 0.1) is 11.2 Å². The molecule has 0 aliphatic rings. The zero-order chi connectivity index (χ0) is 17.2. The van der Waals surface area contributed by atoms with E-state index in [9.17, 15) is 0 Å². The van der Waals surface area contributed by atoms with Crippen molar-refractivity contribution in [2.75, 3.05) is 0 Å². The molecule has 0 saturated heterocycles. The maximum atomic E-state index is 3.37. The van der Waals surface area contributed by atoms with Gasteiger partial charge in [-0.05, 0) is 49.2 Å². The second kappa shape index (κ2) is 6.34. The molecule has 0 N–H and O–H groups in total. The summed E-state index contributed by atoms with van der Waals surface area (Å²) < 4.78 is 2.24. The fourth-order valence-electron chi connectivity index (χ4n) is 3.19. The van der Waals surface area contributed by atoms with Crippen LogP contribution >= 0.6 is 0 Å². The molecule has 1 aromatic heterocycles. The van der Waals surface area contributed by atoms with E-state index in [1.54, 1.807) is 0 Å². The van der Waals surface area contributed by atoms with Crippen LogP contribution < -0.4 is 0 Å². The number of hydrogen-bond acceptors (Lipinski definition) is 0. The number of benzene rings is 3. The molecule has 0 radical (unpaired) electrons. The molecule has 1 heteroatoms. The lowest BCUT2D eigenvalue weighted by atomic mass is 10.1. The van der Waals surface area contributed by atoms with Crippen molar-refractivity contribution in [3.63, 3.8) is 0 Å². The third-order valence-corrected chi connectivity index (χ3v) is 4.55. The fraction of sp³-hybridized carbons (Fsp3) is 0.0833. The predicted octanol–water partition coefficient (Wildman–Crippen LogP) is 5.65. The van der Waals surface area contributed by atoms with Gasteiger partial charge < -0.3 is 4.57 Å². The first-order chi connectivity index (χ1) is 12.2. The maximum absolute atomic E-state index is 3.37. The van der Waals surface area contributed by atoms with Crippen LogP contribution in [0.25, 0.3) is 16.6 Å². The van der Waals surface area contributed by atoms with Gasteiger partial charge in [-0.15, -0.1) is 0 Å². The monoisotopic (exact) mass is 321 g/mol. The Bertz CT molecular complexity index is 1120. The molecule has 1 nitrogen and oxygen atoms in total. The summed E-state index contributed by atoms with van der Waals surface area (Å²) in [6.45, 7) is 4.25. The summed E-state index contributed by atoms with van der Waals surface area (Å²) in [5, 5.41) is 1.28. The Balaban J connectivity index is 1.87. The van der Waals surface area contributed by atoms with Gasteiger partial charge in [0.25, 0.3) is 0 Å².